The number of hydrogen-bond acceptors (Lipinski definition) is 8. The van der Waals surface area contributed by atoms with Gasteiger partial charge in [0.05, 0.1) is 18.5 Å². The van der Waals surface area contributed by atoms with E-state index in [1.54, 1.807) is 19.1 Å². The first-order valence-corrected chi connectivity index (χ1v) is 13.8. The number of aromatic nitrogens is 1. The molecule has 0 spiro atoms. The number of nitrogens with zero attached hydrogens (tertiary/aromatic N) is 3. The van der Waals surface area contributed by atoms with E-state index in [0.29, 0.717) is 30.0 Å². The minimum absolute atomic E-state index is 0.0796. The lowest BCUT2D eigenvalue weighted by Crippen LogP contribution is -2.53. The van der Waals surface area contributed by atoms with Crippen LogP contribution >= 0.6 is 0 Å². The maximum Gasteiger partial charge on any atom is 0.513 e. The molecule has 3 heterocycles. The number of fused-ring (bicyclic) bond motifs is 3. The fraction of sp³-hybridized carbons (Fsp3) is 0.367. The second-order valence-electron chi connectivity index (χ2n) is 11.0. The Bertz CT molecular complexity index is 1520. The van der Waals surface area contributed by atoms with Crippen LogP contribution < -0.4 is 10.2 Å². The van der Waals surface area contributed by atoms with Crippen LogP contribution in [0.25, 0.3) is 16.7 Å². The Morgan fingerprint density at radius 3 is 2.43 bits per heavy atom. The molecular formula is C30H34FN5O6. The zero-order chi connectivity index (χ0) is 30.0. The van der Waals surface area contributed by atoms with Crippen LogP contribution in [-0.4, -0.2) is 84.3 Å². The lowest BCUT2D eigenvalue weighted by molar-refractivity contribution is 0.0788. The number of H-pyrrole nitrogens is 1. The van der Waals surface area contributed by atoms with Gasteiger partial charge in [-0.2, -0.15) is 0 Å². The van der Waals surface area contributed by atoms with E-state index in [4.69, 9.17) is 14.2 Å². The molecule has 2 amide bonds. The fourth-order valence-electron chi connectivity index (χ4n) is 5.26. The molecule has 2 aromatic carbocycles. The number of rotatable bonds is 5. The Balaban J connectivity index is 1.47. The van der Waals surface area contributed by atoms with Gasteiger partial charge in [0.15, 0.2) is 5.76 Å². The predicted molar refractivity (Wildman–Crippen MR) is 153 cm³/mol. The van der Waals surface area contributed by atoms with E-state index >= 15 is 0 Å². The number of hydrogen-bond donors (Lipinski definition) is 2. The molecule has 2 N–H and O–H groups in total. The highest BCUT2D eigenvalue weighted by atomic mass is 19.1. The zero-order valence-corrected chi connectivity index (χ0v) is 24.0. The van der Waals surface area contributed by atoms with Crippen molar-refractivity contribution in [2.45, 2.75) is 26.2 Å². The number of ether oxygens (including phenoxy) is 3. The highest BCUT2D eigenvalue weighted by Crippen LogP contribution is 2.41. The van der Waals surface area contributed by atoms with Gasteiger partial charge in [0.1, 0.15) is 11.6 Å². The van der Waals surface area contributed by atoms with Gasteiger partial charge in [0.2, 0.25) is 0 Å². The van der Waals surface area contributed by atoms with E-state index in [2.05, 4.69) is 15.3 Å². The van der Waals surface area contributed by atoms with E-state index in [0.717, 1.165) is 24.0 Å². The lowest BCUT2D eigenvalue weighted by Gasteiger charge is -2.31. The third kappa shape index (κ3) is 6.24. The van der Waals surface area contributed by atoms with Gasteiger partial charge >= 0.3 is 12.2 Å². The molecule has 11 nitrogen and oxygen atoms in total. The molecule has 0 saturated carbocycles. The first-order chi connectivity index (χ1) is 20.0. The van der Waals surface area contributed by atoms with Gasteiger partial charge in [0.25, 0.3) is 5.91 Å². The van der Waals surface area contributed by atoms with Crippen molar-refractivity contribution in [1.82, 2.24) is 25.2 Å². The summed E-state index contributed by atoms with van der Waals surface area (Å²) in [5.41, 5.74) is 4.35. The predicted octanol–water partition coefficient (Wildman–Crippen LogP) is 4.46. The maximum absolute atomic E-state index is 13.5. The summed E-state index contributed by atoms with van der Waals surface area (Å²) in [6.45, 7) is 9.00. The van der Waals surface area contributed by atoms with Crippen molar-refractivity contribution < 1.29 is 33.0 Å². The first kappa shape index (κ1) is 29.1. The molecule has 1 aromatic heterocycles. The van der Waals surface area contributed by atoms with Crippen molar-refractivity contribution in [3.63, 3.8) is 0 Å². The Kier molecular flexibility index (Phi) is 8.19. The first-order valence-electron chi connectivity index (χ1n) is 13.8. The van der Waals surface area contributed by atoms with Crippen LogP contribution in [0.2, 0.25) is 0 Å². The van der Waals surface area contributed by atoms with E-state index in [9.17, 15) is 18.8 Å². The Morgan fingerprint density at radius 2 is 1.74 bits per heavy atom. The number of amides is 2. The molecule has 12 heteroatoms. The number of hydrazine groups is 1. The normalized spacial score (nSPS) is 17.2. The van der Waals surface area contributed by atoms with Crippen LogP contribution in [-0.2, 0) is 14.9 Å². The monoisotopic (exact) mass is 579 g/mol. The second-order valence-corrected chi connectivity index (χ2v) is 11.0. The summed E-state index contributed by atoms with van der Waals surface area (Å²) in [6, 6.07) is 10.5. The van der Waals surface area contributed by atoms with E-state index in [-0.39, 0.29) is 30.4 Å². The third-order valence-corrected chi connectivity index (χ3v) is 7.30. The summed E-state index contributed by atoms with van der Waals surface area (Å²) in [5, 5.41) is 2.62. The van der Waals surface area contributed by atoms with E-state index < -0.39 is 23.5 Å². The molecule has 3 aromatic rings. The number of piperazine rings is 1. The molecule has 222 valence electrons. The second kappa shape index (κ2) is 11.8. The molecule has 1 saturated heterocycles. The molecule has 2 aliphatic rings. The summed E-state index contributed by atoms with van der Waals surface area (Å²) >= 11 is 0. The Labute approximate surface area is 242 Å². The van der Waals surface area contributed by atoms with Crippen molar-refractivity contribution in [2.24, 2.45) is 0 Å². The molecule has 0 unspecified atom stereocenters. The molecule has 0 bridgehead atoms. The highest BCUT2D eigenvalue weighted by Gasteiger charge is 2.37. The number of halogens is 1. The number of carbonyl (C=O) groups is 3. The molecule has 0 radical (unpaired) electrons. The van der Waals surface area contributed by atoms with E-state index in [1.165, 1.54) is 35.4 Å². The standard InChI is InChI=1S/C30H34FN5O6/c1-5-40-29(39)42-24-17-35(27(37)19-6-8-20(31)9-7-19)18-30(2,3)25-22-11-10-21(16-23(22)32-26(24)25)41-28(38)33-36-14-12-34(4)13-15-36/h6-11,16-17,32H,5,12-15,18H2,1-4H3,(H,33,38). The van der Waals surface area contributed by atoms with Crippen molar-refractivity contribution in [1.29, 1.82) is 0 Å². The van der Waals surface area contributed by atoms with Crippen LogP contribution in [0.4, 0.5) is 14.0 Å². The van der Waals surface area contributed by atoms with Gasteiger partial charge in [-0.05, 0) is 55.9 Å². The quantitative estimate of drug-likeness (QED) is 0.426. The van der Waals surface area contributed by atoms with Crippen molar-refractivity contribution in [2.75, 3.05) is 46.4 Å². The lowest BCUT2D eigenvalue weighted by atomic mass is 9.82. The van der Waals surface area contributed by atoms with Gasteiger partial charge < -0.3 is 29.0 Å². The van der Waals surface area contributed by atoms with Crippen LogP contribution in [0.5, 0.6) is 5.75 Å². The van der Waals surface area contributed by atoms with Crippen molar-refractivity contribution >= 4 is 34.8 Å². The summed E-state index contributed by atoms with van der Waals surface area (Å²) in [7, 11) is 2.03. The summed E-state index contributed by atoms with van der Waals surface area (Å²) in [4.78, 5) is 45.4. The zero-order valence-electron chi connectivity index (χ0n) is 24.0. The largest absolute Gasteiger partial charge is 0.513 e. The van der Waals surface area contributed by atoms with Gasteiger partial charge in [-0.1, -0.05) is 13.8 Å². The topological polar surface area (TPSA) is 116 Å². The number of nitrogens with one attached hydrogen (secondary N) is 2. The van der Waals surface area contributed by atoms with Crippen LogP contribution in [0.3, 0.4) is 0 Å². The number of carbonyl (C=O) groups excluding carboxylic acids is 3. The third-order valence-electron chi connectivity index (χ3n) is 7.30. The molecule has 2 aliphatic heterocycles. The summed E-state index contributed by atoms with van der Waals surface area (Å²) < 4.78 is 29.7. The number of benzene rings is 2. The van der Waals surface area contributed by atoms with Crippen LogP contribution in [0.15, 0.2) is 48.7 Å². The Morgan fingerprint density at radius 1 is 1.02 bits per heavy atom. The molecule has 1 fully saturated rings. The van der Waals surface area contributed by atoms with Crippen molar-refractivity contribution in [3.05, 3.63) is 71.3 Å². The number of likely N-dealkylation sites (N-methyl/N-ethyl adjacent to an activating group) is 1. The molecule has 0 atom stereocenters. The highest BCUT2D eigenvalue weighted by molar-refractivity contribution is 5.97. The molecule has 5 rings (SSSR count). The van der Waals surface area contributed by atoms with Crippen molar-refractivity contribution in [3.8, 4) is 5.75 Å². The van der Waals surface area contributed by atoms with Gasteiger partial charge in [0, 0.05) is 60.7 Å². The SMILES string of the molecule is CCOC(=O)OC1=CN(C(=O)c2ccc(F)cc2)CC(C)(C)c2c1[nH]c1cc(OC(=O)NN3CCN(C)CC3)ccc21. The minimum atomic E-state index is -0.924. The smallest absolute Gasteiger partial charge is 0.434 e. The van der Waals surface area contributed by atoms with E-state index in [1.807, 2.05) is 32.0 Å². The molecule has 42 heavy (non-hydrogen) atoms. The minimum Gasteiger partial charge on any atom is -0.434 e. The molecule has 0 aliphatic carbocycles. The average Bonchev–Trinajstić information content (AvgIpc) is 3.29. The van der Waals surface area contributed by atoms with Gasteiger partial charge in [-0.3, -0.25) is 10.2 Å². The Hall–Kier alpha value is -4.42. The fourth-order valence-corrected chi connectivity index (χ4v) is 5.26. The number of aromatic amines is 1. The summed E-state index contributed by atoms with van der Waals surface area (Å²) in [6.07, 6.45) is -0.0627. The van der Waals surface area contributed by atoms with Gasteiger partial charge in [-0.15, -0.1) is 0 Å². The molecular weight excluding hydrogens is 545 g/mol. The maximum atomic E-state index is 13.5. The average molecular weight is 580 g/mol. The van der Waals surface area contributed by atoms with Crippen LogP contribution in [0, 0.1) is 5.82 Å². The van der Waals surface area contributed by atoms with Gasteiger partial charge in [-0.25, -0.2) is 19.0 Å². The van der Waals surface area contributed by atoms with Crippen LogP contribution in [0.1, 0.15) is 42.4 Å². The summed E-state index contributed by atoms with van der Waals surface area (Å²) in [5.74, 6) is -0.431.